The topological polar surface area (TPSA) is 48.7 Å². The Bertz CT molecular complexity index is 558. The molecule has 3 heteroatoms. The number of hydrogen-bond acceptors (Lipinski definition) is 3. The van der Waals surface area contributed by atoms with Crippen LogP contribution >= 0.6 is 0 Å². The van der Waals surface area contributed by atoms with Crippen molar-refractivity contribution in [1.82, 2.24) is 4.98 Å². The average Bonchev–Trinajstić information content (AvgIpc) is 2.47. The highest BCUT2D eigenvalue weighted by atomic mass is 14.9. The fourth-order valence-electron chi connectivity index (χ4n) is 1.97. The molecule has 2 aromatic rings. The number of aromatic nitrogens is 1. The van der Waals surface area contributed by atoms with E-state index in [2.05, 4.69) is 47.6 Å². The van der Waals surface area contributed by atoms with Gasteiger partial charge in [-0.2, -0.15) is 5.26 Å². The van der Waals surface area contributed by atoms with Gasteiger partial charge in [0.15, 0.2) is 0 Å². The van der Waals surface area contributed by atoms with Crippen molar-refractivity contribution in [2.75, 3.05) is 5.32 Å². The summed E-state index contributed by atoms with van der Waals surface area (Å²) < 4.78 is 0. The zero-order valence-electron chi connectivity index (χ0n) is 11.0. The van der Waals surface area contributed by atoms with Crippen LogP contribution in [0.15, 0.2) is 48.8 Å². The van der Waals surface area contributed by atoms with Gasteiger partial charge >= 0.3 is 0 Å². The molecule has 1 aromatic heterocycles. The number of hydrogen-bond donors (Lipinski definition) is 1. The Labute approximate surface area is 113 Å². The van der Waals surface area contributed by atoms with Crippen LogP contribution in [0.5, 0.6) is 0 Å². The van der Waals surface area contributed by atoms with E-state index in [-0.39, 0.29) is 0 Å². The molecule has 0 amide bonds. The highest BCUT2D eigenvalue weighted by Gasteiger charge is 2.06. The van der Waals surface area contributed by atoms with E-state index >= 15 is 0 Å². The molecule has 96 valence electrons. The Morgan fingerprint density at radius 1 is 1.26 bits per heavy atom. The van der Waals surface area contributed by atoms with Crippen molar-refractivity contribution >= 4 is 5.69 Å². The monoisotopic (exact) mass is 251 g/mol. The lowest BCUT2D eigenvalue weighted by molar-refractivity contribution is 0.705. The van der Waals surface area contributed by atoms with Crippen molar-refractivity contribution in [3.63, 3.8) is 0 Å². The van der Waals surface area contributed by atoms with E-state index in [0.29, 0.717) is 11.6 Å². The SMILES string of the molecule is CC(CCc1ccccc1)Nc1cnccc1C#N. The maximum atomic E-state index is 9.02. The van der Waals surface area contributed by atoms with Crippen LogP contribution in [-0.4, -0.2) is 11.0 Å². The van der Waals surface area contributed by atoms with Crippen LogP contribution in [0.3, 0.4) is 0 Å². The number of aryl methyl sites for hydroxylation is 1. The Kier molecular flexibility index (Phi) is 4.52. The standard InChI is InChI=1S/C16H17N3/c1-13(7-8-14-5-3-2-4-6-14)19-16-12-18-10-9-15(16)11-17/h2-6,9-10,12-13,19H,7-8H2,1H3. The van der Waals surface area contributed by atoms with Crippen LogP contribution in [0.4, 0.5) is 5.69 Å². The number of nitriles is 1. The maximum Gasteiger partial charge on any atom is 0.101 e. The first-order chi connectivity index (χ1) is 9.29. The number of nitrogens with one attached hydrogen (secondary N) is 1. The Morgan fingerprint density at radius 2 is 2.05 bits per heavy atom. The first-order valence-corrected chi connectivity index (χ1v) is 6.44. The molecule has 3 nitrogen and oxygen atoms in total. The first kappa shape index (κ1) is 13.1. The molecule has 1 heterocycles. The van der Waals surface area contributed by atoms with Gasteiger partial charge < -0.3 is 5.32 Å². The minimum absolute atomic E-state index is 0.302. The summed E-state index contributed by atoms with van der Waals surface area (Å²) in [6.07, 6.45) is 5.39. The summed E-state index contributed by atoms with van der Waals surface area (Å²) in [5, 5.41) is 12.4. The molecule has 1 atom stereocenters. The number of nitrogens with zero attached hydrogens (tertiary/aromatic N) is 2. The average molecular weight is 251 g/mol. The van der Waals surface area contributed by atoms with E-state index in [1.165, 1.54) is 5.56 Å². The third-order valence-electron chi connectivity index (χ3n) is 3.05. The van der Waals surface area contributed by atoms with Gasteiger partial charge in [-0.15, -0.1) is 0 Å². The Morgan fingerprint density at radius 3 is 2.79 bits per heavy atom. The third kappa shape index (κ3) is 3.82. The quantitative estimate of drug-likeness (QED) is 0.886. The van der Waals surface area contributed by atoms with Gasteiger partial charge in [-0.25, -0.2) is 0 Å². The van der Waals surface area contributed by atoms with E-state index in [4.69, 9.17) is 5.26 Å². The van der Waals surface area contributed by atoms with Gasteiger partial charge in [0.2, 0.25) is 0 Å². The van der Waals surface area contributed by atoms with Gasteiger partial charge in [-0.3, -0.25) is 4.98 Å². The van der Waals surface area contributed by atoms with Gasteiger partial charge in [-0.1, -0.05) is 30.3 Å². The van der Waals surface area contributed by atoms with Crippen molar-refractivity contribution < 1.29 is 0 Å². The minimum Gasteiger partial charge on any atom is -0.380 e. The van der Waals surface area contributed by atoms with Crippen molar-refractivity contribution in [3.05, 3.63) is 59.9 Å². The van der Waals surface area contributed by atoms with Gasteiger partial charge in [0, 0.05) is 12.2 Å². The summed E-state index contributed by atoms with van der Waals surface area (Å²) in [6, 6.07) is 14.6. The molecule has 0 aliphatic carbocycles. The van der Waals surface area contributed by atoms with E-state index in [0.717, 1.165) is 18.5 Å². The van der Waals surface area contributed by atoms with Crippen LogP contribution in [-0.2, 0) is 6.42 Å². The predicted molar refractivity (Wildman–Crippen MR) is 76.8 cm³/mol. The molecule has 0 saturated carbocycles. The van der Waals surface area contributed by atoms with Crippen LogP contribution < -0.4 is 5.32 Å². The molecule has 0 radical (unpaired) electrons. The molecule has 1 N–H and O–H groups in total. The number of benzene rings is 1. The zero-order chi connectivity index (χ0) is 13.5. The van der Waals surface area contributed by atoms with Gasteiger partial charge in [-0.05, 0) is 31.4 Å². The van der Waals surface area contributed by atoms with Crippen LogP contribution in [0.2, 0.25) is 0 Å². The molecule has 0 fully saturated rings. The van der Waals surface area contributed by atoms with Gasteiger partial charge in [0.1, 0.15) is 6.07 Å². The Hall–Kier alpha value is -2.34. The van der Waals surface area contributed by atoms with E-state index in [9.17, 15) is 0 Å². The molecule has 0 spiro atoms. The number of pyridine rings is 1. The van der Waals surface area contributed by atoms with Crippen molar-refractivity contribution in [2.45, 2.75) is 25.8 Å². The maximum absolute atomic E-state index is 9.02. The minimum atomic E-state index is 0.302. The normalized spacial score (nSPS) is 11.6. The van der Waals surface area contributed by atoms with Crippen LogP contribution in [0.1, 0.15) is 24.5 Å². The number of anilines is 1. The van der Waals surface area contributed by atoms with Crippen molar-refractivity contribution in [1.29, 1.82) is 5.26 Å². The summed E-state index contributed by atoms with van der Waals surface area (Å²) in [5.74, 6) is 0. The fraction of sp³-hybridized carbons (Fsp3) is 0.250. The lowest BCUT2D eigenvalue weighted by atomic mass is 10.1. The molecule has 1 aromatic carbocycles. The molecule has 0 saturated heterocycles. The van der Waals surface area contributed by atoms with Crippen LogP contribution in [0, 0.1) is 11.3 Å². The van der Waals surface area contributed by atoms with E-state index in [1.54, 1.807) is 18.5 Å². The highest BCUT2D eigenvalue weighted by molar-refractivity contribution is 5.55. The zero-order valence-corrected chi connectivity index (χ0v) is 11.0. The van der Waals surface area contributed by atoms with Crippen molar-refractivity contribution in [3.8, 4) is 6.07 Å². The Balaban J connectivity index is 1.91. The summed E-state index contributed by atoms with van der Waals surface area (Å²) in [7, 11) is 0. The summed E-state index contributed by atoms with van der Waals surface area (Å²) >= 11 is 0. The molecule has 0 aliphatic rings. The first-order valence-electron chi connectivity index (χ1n) is 6.44. The van der Waals surface area contributed by atoms with E-state index < -0.39 is 0 Å². The smallest absolute Gasteiger partial charge is 0.101 e. The van der Waals surface area contributed by atoms with Crippen LogP contribution in [0.25, 0.3) is 0 Å². The van der Waals surface area contributed by atoms with E-state index in [1.807, 2.05) is 6.07 Å². The highest BCUT2D eigenvalue weighted by Crippen LogP contribution is 2.15. The largest absolute Gasteiger partial charge is 0.380 e. The second-order valence-corrected chi connectivity index (χ2v) is 4.60. The molecular weight excluding hydrogens is 234 g/mol. The molecule has 0 aliphatic heterocycles. The predicted octanol–water partition coefficient (Wildman–Crippen LogP) is 3.39. The van der Waals surface area contributed by atoms with Gasteiger partial charge in [0.25, 0.3) is 0 Å². The fourth-order valence-corrected chi connectivity index (χ4v) is 1.97. The third-order valence-corrected chi connectivity index (χ3v) is 3.05. The lowest BCUT2D eigenvalue weighted by Crippen LogP contribution is -2.16. The van der Waals surface area contributed by atoms with Crippen molar-refractivity contribution in [2.24, 2.45) is 0 Å². The lowest BCUT2D eigenvalue weighted by Gasteiger charge is -2.15. The summed E-state index contributed by atoms with van der Waals surface area (Å²) in [6.45, 7) is 2.12. The summed E-state index contributed by atoms with van der Waals surface area (Å²) in [5.41, 5.74) is 2.79. The second kappa shape index (κ2) is 6.55. The number of rotatable bonds is 5. The molecule has 0 bridgehead atoms. The molecule has 2 rings (SSSR count). The molecular formula is C16H17N3. The molecule has 1 unspecified atom stereocenters. The summed E-state index contributed by atoms with van der Waals surface area (Å²) in [4.78, 5) is 4.05. The van der Waals surface area contributed by atoms with Gasteiger partial charge in [0.05, 0.1) is 17.4 Å². The molecule has 19 heavy (non-hydrogen) atoms. The second-order valence-electron chi connectivity index (χ2n) is 4.60.